The molecule has 0 aliphatic heterocycles. The maximum Gasteiger partial charge on any atom is 0.319 e. The molecule has 3 aromatic carbocycles. The molecular formula is C20H17FN2O2. The van der Waals surface area contributed by atoms with Gasteiger partial charge in [0.1, 0.15) is 17.3 Å². The topological polar surface area (TPSA) is 50.4 Å². The first-order chi connectivity index (χ1) is 12.2. The maximum atomic E-state index is 12.8. The predicted molar refractivity (Wildman–Crippen MR) is 95.2 cm³/mol. The minimum Gasteiger partial charge on any atom is -0.457 e. The van der Waals surface area contributed by atoms with Gasteiger partial charge in [-0.15, -0.1) is 0 Å². The monoisotopic (exact) mass is 336 g/mol. The predicted octanol–water partition coefficient (Wildman–Crippen LogP) is 4.94. The zero-order valence-electron chi connectivity index (χ0n) is 13.4. The standard InChI is InChI=1S/C20H17FN2O2/c21-16-8-6-15(7-9-16)14-22-20(24)23-17-10-12-19(13-11-17)25-18-4-2-1-3-5-18/h1-13H,14H2,(H2,22,23,24). The molecule has 0 aromatic heterocycles. The number of carbonyl (C=O) groups is 1. The lowest BCUT2D eigenvalue weighted by Gasteiger charge is -2.09. The summed E-state index contributed by atoms with van der Waals surface area (Å²) in [6.07, 6.45) is 0. The molecule has 0 aliphatic rings. The van der Waals surface area contributed by atoms with E-state index in [4.69, 9.17) is 4.74 Å². The number of ether oxygens (including phenoxy) is 1. The number of hydrogen-bond acceptors (Lipinski definition) is 2. The Bertz CT molecular complexity index is 819. The third-order valence-electron chi connectivity index (χ3n) is 3.46. The number of nitrogens with one attached hydrogen (secondary N) is 2. The van der Waals surface area contributed by atoms with Crippen molar-refractivity contribution in [1.29, 1.82) is 0 Å². The highest BCUT2D eigenvalue weighted by atomic mass is 19.1. The van der Waals surface area contributed by atoms with Crippen molar-refractivity contribution in [2.45, 2.75) is 6.54 Å². The number of hydrogen-bond donors (Lipinski definition) is 2. The van der Waals surface area contributed by atoms with Crippen LogP contribution in [0.4, 0.5) is 14.9 Å². The van der Waals surface area contributed by atoms with E-state index in [9.17, 15) is 9.18 Å². The van der Waals surface area contributed by atoms with Crippen molar-refractivity contribution >= 4 is 11.7 Å². The molecule has 0 heterocycles. The highest BCUT2D eigenvalue weighted by Gasteiger charge is 2.03. The lowest BCUT2D eigenvalue weighted by Crippen LogP contribution is -2.28. The molecule has 126 valence electrons. The van der Waals surface area contributed by atoms with Gasteiger partial charge in [0.15, 0.2) is 0 Å². The molecule has 0 saturated heterocycles. The normalized spacial score (nSPS) is 10.1. The van der Waals surface area contributed by atoms with Crippen molar-refractivity contribution in [3.8, 4) is 11.5 Å². The zero-order chi connectivity index (χ0) is 17.5. The Morgan fingerprint density at radius 1 is 0.840 bits per heavy atom. The lowest BCUT2D eigenvalue weighted by molar-refractivity contribution is 0.251. The number of benzene rings is 3. The molecule has 0 spiro atoms. The summed E-state index contributed by atoms with van der Waals surface area (Å²) in [5.74, 6) is 1.13. The molecule has 25 heavy (non-hydrogen) atoms. The van der Waals surface area contributed by atoms with Gasteiger partial charge in [0.25, 0.3) is 0 Å². The second-order valence-corrected chi connectivity index (χ2v) is 5.37. The average Bonchev–Trinajstić information content (AvgIpc) is 2.64. The van der Waals surface area contributed by atoms with Crippen LogP contribution in [0.5, 0.6) is 11.5 Å². The molecule has 2 N–H and O–H groups in total. The lowest BCUT2D eigenvalue weighted by atomic mass is 10.2. The van der Waals surface area contributed by atoms with Gasteiger partial charge in [-0.1, -0.05) is 30.3 Å². The first kappa shape index (κ1) is 16.5. The van der Waals surface area contributed by atoms with Crippen LogP contribution in [0.1, 0.15) is 5.56 Å². The van der Waals surface area contributed by atoms with Crippen molar-refractivity contribution < 1.29 is 13.9 Å². The highest BCUT2D eigenvalue weighted by molar-refractivity contribution is 5.89. The Kier molecular flexibility index (Phi) is 5.26. The molecular weight excluding hydrogens is 319 g/mol. The fourth-order valence-electron chi connectivity index (χ4n) is 2.19. The van der Waals surface area contributed by atoms with Crippen LogP contribution < -0.4 is 15.4 Å². The van der Waals surface area contributed by atoms with Gasteiger partial charge in [-0.05, 0) is 54.1 Å². The van der Waals surface area contributed by atoms with Crippen molar-refractivity contribution in [2.24, 2.45) is 0 Å². The number of urea groups is 1. The summed E-state index contributed by atoms with van der Waals surface area (Å²) >= 11 is 0. The zero-order valence-corrected chi connectivity index (χ0v) is 13.4. The molecule has 5 heteroatoms. The summed E-state index contributed by atoms with van der Waals surface area (Å²) in [4.78, 5) is 11.9. The van der Waals surface area contributed by atoms with Crippen molar-refractivity contribution in [2.75, 3.05) is 5.32 Å². The fraction of sp³-hybridized carbons (Fsp3) is 0.0500. The highest BCUT2D eigenvalue weighted by Crippen LogP contribution is 2.22. The molecule has 4 nitrogen and oxygen atoms in total. The Morgan fingerprint density at radius 3 is 2.16 bits per heavy atom. The Labute approximate surface area is 145 Å². The van der Waals surface area contributed by atoms with Crippen LogP contribution in [-0.4, -0.2) is 6.03 Å². The number of halogens is 1. The van der Waals surface area contributed by atoms with Crippen LogP contribution in [0.2, 0.25) is 0 Å². The van der Waals surface area contributed by atoms with E-state index in [0.717, 1.165) is 11.3 Å². The number of carbonyl (C=O) groups excluding carboxylic acids is 1. The van der Waals surface area contributed by atoms with Gasteiger partial charge in [-0.25, -0.2) is 9.18 Å². The van der Waals surface area contributed by atoms with Crippen molar-refractivity contribution in [3.63, 3.8) is 0 Å². The first-order valence-corrected chi connectivity index (χ1v) is 7.81. The van der Waals surface area contributed by atoms with Gasteiger partial charge in [-0.3, -0.25) is 0 Å². The summed E-state index contributed by atoms with van der Waals surface area (Å²) in [6.45, 7) is 0.321. The molecule has 0 atom stereocenters. The first-order valence-electron chi connectivity index (χ1n) is 7.81. The molecule has 0 unspecified atom stereocenters. The van der Waals surface area contributed by atoms with E-state index in [1.165, 1.54) is 12.1 Å². The number of rotatable bonds is 5. The fourth-order valence-corrected chi connectivity index (χ4v) is 2.19. The van der Waals surface area contributed by atoms with Crippen LogP contribution in [0.15, 0.2) is 78.9 Å². The molecule has 0 fully saturated rings. The quantitative estimate of drug-likeness (QED) is 0.693. The summed E-state index contributed by atoms with van der Waals surface area (Å²) < 4.78 is 18.5. The summed E-state index contributed by atoms with van der Waals surface area (Å²) in [5, 5.41) is 5.45. The summed E-state index contributed by atoms with van der Waals surface area (Å²) in [5.41, 5.74) is 1.47. The Hall–Kier alpha value is -3.34. The van der Waals surface area contributed by atoms with Gasteiger partial charge in [0.05, 0.1) is 0 Å². The van der Waals surface area contributed by atoms with E-state index in [-0.39, 0.29) is 11.8 Å². The van der Waals surface area contributed by atoms with E-state index < -0.39 is 0 Å². The minimum absolute atomic E-state index is 0.300. The van der Waals surface area contributed by atoms with Crippen LogP contribution in [0.3, 0.4) is 0 Å². The van der Waals surface area contributed by atoms with E-state index in [2.05, 4.69) is 10.6 Å². The second kappa shape index (κ2) is 7.97. The number of para-hydroxylation sites is 1. The molecule has 0 aliphatic carbocycles. The van der Waals surface area contributed by atoms with Gasteiger partial charge in [0, 0.05) is 12.2 Å². The molecule has 0 bridgehead atoms. The summed E-state index contributed by atoms with van der Waals surface area (Å²) in [7, 11) is 0. The van der Waals surface area contributed by atoms with Crippen LogP contribution in [0.25, 0.3) is 0 Å². The van der Waals surface area contributed by atoms with Crippen molar-refractivity contribution in [1.82, 2.24) is 5.32 Å². The van der Waals surface area contributed by atoms with Crippen molar-refractivity contribution in [3.05, 3.63) is 90.2 Å². The number of anilines is 1. The van der Waals surface area contributed by atoms with Gasteiger partial charge >= 0.3 is 6.03 Å². The molecule has 3 rings (SSSR count). The third-order valence-corrected chi connectivity index (χ3v) is 3.46. The Morgan fingerprint density at radius 2 is 1.48 bits per heavy atom. The Balaban J connectivity index is 1.50. The molecule has 0 saturated carbocycles. The van der Waals surface area contributed by atoms with E-state index in [1.807, 2.05) is 30.3 Å². The van der Waals surface area contributed by atoms with Gasteiger partial charge in [0.2, 0.25) is 0 Å². The summed E-state index contributed by atoms with van der Waals surface area (Å²) in [6, 6.07) is 22.2. The minimum atomic E-state index is -0.332. The molecule has 0 radical (unpaired) electrons. The largest absolute Gasteiger partial charge is 0.457 e. The van der Waals surface area contributed by atoms with Gasteiger partial charge in [-0.2, -0.15) is 0 Å². The molecule has 2 amide bonds. The van der Waals surface area contributed by atoms with Gasteiger partial charge < -0.3 is 15.4 Å². The third kappa shape index (κ3) is 5.07. The molecule has 3 aromatic rings. The van der Waals surface area contributed by atoms with E-state index >= 15 is 0 Å². The van der Waals surface area contributed by atoms with Crippen LogP contribution in [-0.2, 0) is 6.54 Å². The number of amides is 2. The maximum absolute atomic E-state index is 12.8. The van der Waals surface area contributed by atoms with E-state index in [1.54, 1.807) is 36.4 Å². The van der Waals surface area contributed by atoms with E-state index in [0.29, 0.717) is 18.0 Å². The van der Waals surface area contributed by atoms with Crippen LogP contribution in [0, 0.1) is 5.82 Å². The second-order valence-electron chi connectivity index (χ2n) is 5.37. The van der Waals surface area contributed by atoms with Crippen LogP contribution >= 0.6 is 0 Å². The average molecular weight is 336 g/mol. The SMILES string of the molecule is O=C(NCc1ccc(F)cc1)Nc1ccc(Oc2ccccc2)cc1. The smallest absolute Gasteiger partial charge is 0.319 e.